The maximum Gasteiger partial charge on any atom is 0.103 e. The highest BCUT2D eigenvalue weighted by Crippen LogP contribution is 2.19. The Morgan fingerprint density at radius 3 is 2.35 bits per heavy atom. The van der Waals surface area contributed by atoms with Crippen molar-refractivity contribution in [2.45, 2.75) is 31.4 Å². The van der Waals surface area contributed by atoms with E-state index in [9.17, 15) is 5.11 Å². The van der Waals surface area contributed by atoms with Gasteiger partial charge in [0.05, 0.1) is 18.7 Å². The second kappa shape index (κ2) is 5.63. The van der Waals surface area contributed by atoms with E-state index in [4.69, 9.17) is 5.11 Å². The van der Waals surface area contributed by atoms with Crippen molar-refractivity contribution in [3.05, 3.63) is 35.9 Å². The molecule has 0 aliphatic carbocycles. The third-order valence-electron chi connectivity index (χ3n) is 3.76. The molecule has 0 bridgehead atoms. The topological polar surface area (TPSA) is 44.9 Å². The number of aliphatic hydroxyl groups is 2. The molecule has 0 radical (unpaired) electrons. The molecule has 1 aromatic rings. The molecule has 0 amide bonds. The minimum absolute atomic E-state index is 0.0878. The molecule has 1 heterocycles. The van der Waals surface area contributed by atoms with Crippen LogP contribution in [0.5, 0.6) is 0 Å². The Morgan fingerprint density at radius 2 is 1.76 bits per heavy atom. The molecule has 0 spiro atoms. The molecule has 1 aliphatic heterocycles. The summed E-state index contributed by atoms with van der Waals surface area (Å²) in [6.45, 7) is 3.11. The lowest BCUT2D eigenvalue weighted by Gasteiger charge is -2.35. The van der Waals surface area contributed by atoms with E-state index in [0.717, 1.165) is 32.5 Å². The monoisotopic (exact) mass is 236 g/mol. The lowest BCUT2D eigenvalue weighted by molar-refractivity contribution is -0.921. The van der Waals surface area contributed by atoms with E-state index in [1.165, 1.54) is 10.5 Å². The number of nitrogens with one attached hydrogen (secondary N) is 1. The molecule has 0 aromatic heterocycles. The highest BCUT2D eigenvalue weighted by Gasteiger charge is 2.33. The summed E-state index contributed by atoms with van der Waals surface area (Å²) in [5.74, 6) is 0. The summed E-state index contributed by atoms with van der Waals surface area (Å²) in [4.78, 5) is 1.53. The average Bonchev–Trinajstić information content (AvgIpc) is 2.34. The molecule has 0 saturated carbocycles. The van der Waals surface area contributed by atoms with Crippen LogP contribution in [0.25, 0.3) is 0 Å². The van der Waals surface area contributed by atoms with Crippen molar-refractivity contribution in [3.63, 3.8) is 0 Å². The molecule has 17 heavy (non-hydrogen) atoms. The van der Waals surface area contributed by atoms with E-state index in [2.05, 4.69) is 24.3 Å². The summed E-state index contributed by atoms with van der Waals surface area (Å²) in [5, 5.41) is 19.1. The smallest absolute Gasteiger partial charge is 0.103 e. The normalized spacial score (nSPS) is 29.2. The molecular formula is C14H22NO2+. The Kier molecular flexibility index (Phi) is 4.15. The summed E-state index contributed by atoms with van der Waals surface area (Å²) in [7, 11) is 0. The number of aliphatic hydroxyl groups excluding tert-OH is 1. The predicted octanol–water partition coefficient (Wildman–Crippen LogP) is -0.0212. The molecular weight excluding hydrogens is 214 g/mol. The summed E-state index contributed by atoms with van der Waals surface area (Å²) in [6, 6.07) is 10.5. The van der Waals surface area contributed by atoms with Crippen LogP contribution >= 0.6 is 0 Å². The van der Waals surface area contributed by atoms with Crippen LogP contribution in [0.1, 0.15) is 24.8 Å². The van der Waals surface area contributed by atoms with Crippen LogP contribution in [0.15, 0.2) is 30.3 Å². The first kappa shape index (κ1) is 12.6. The van der Waals surface area contributed by atoms with Gasteiger partial charge in [-0.05, 0) is 6.42 Å². The fourth-order valence-corrected chi connectivity index (χ4v) is 2.59. The summed E-state index contributed by atoms with van der Waals surface area (Å²) >= 11 is 0. The van der Waals surface area contributed by atoms with Gasteiger partial charge in [-0.3, -0.25) is 0 Å². The van der Waals surface area contributed by atoms with Crippen LogP contribution in [-0.2, 0) is 6.54 Å². The zero-order valence-electron chi connectivity index (χ0n) is 10.2. The van der Waals surface area contributed by atoms with Gasteiger partial charge in [0.15, 0.2) is 0 Å². The van der Waals surface area contributed by atoms with Gasteiger partial charge in [-0.25, -0.2) is 0 Å². The zero-order chi connectivity index (χ0) is 12.1. The van der Waals surface area contributed by atoms with E-state index in [1.54, 1.807) is 0 Å². The van der Waals surface area contributed by atoms with Gasteiger partial charge in [0.25, 0.3) is 0 Å². The molecule has 1 fully saturated rings. The van der Waals surface area contributed by atoms with Crippen LogP contribution in [0, 0.1) is 0 Å². The largest absolute Gasteiger partial charge is 0.396 e. The highest BCUT2D eigenvalue weighted by molar-refractivity contribution is 5.13. The van der Waals surface area contributed by atoms with Gasteiger partial charge >= 0.3 is 0 Å². The number of hydrogen-bond acceptors (Lipinski definition) is 2. The van der Waals surface area contributed by atoms with Crippen molar-refractivity contribution in [2.24, 2.45) is 0 Å². The Labute approximate surface area is 103 Å². The number of rotatable bonds is 4. The van der Waals surface area contributed by atoms with Crippen molar-refractivity contribution in [2.75, 3.05) is 19.7 Å². The third-order valence-corrected chi connectivity index (χ3v) is 3.76. The van der Waals surface area contributed by atoms with E-state index in [1.807, 2.05) is 6.07 Å². The molecule has 0 unspecified atom stereocenters. The van der Waals surface area contributed by atoms with Crippen molar-refractivity contribution < 1.29 is 15.1 Å². The van der Waals surface area contributed by atoms with Crippen LogP contribution in [0.2, 0.25) is 0 Å². The number of hydrogen-bond donors (Lipinski definition) is 3. The number of quaternary nitrogens is 1. The lowest BCUT2D eigenvalue weighted by atomic mass is 9.88. The quantitative estimate of drug-likeness (QED) is 0.688. The number of likely N-dealkylation sites (tertiary alicyclic amines) is 1. The van der Waals surface area contributed by atoms with Crippen molar-refractivity contribution in [1.29, 1.82) is 0 Å². The van der Waals surface area contributed by atoms with Gasteiger partial charge in [-0.15, -0.1) is 0 Å². The Hall–Kier alpha value is -0.900. The minimum Gasteiger partial charge on any atom is -0.396 e. The Balaban J connectivity index is 1.83. The van der Waals surface area contributed by atoms with E-state index < -0.39 is 5.60 Å². The fourth-order valence-electron chi connectivity index (χ4n) is 2.59. The van der Waals surface area contributed by atoms with E-state index in [-0.39, 0.29) is 6.61 Å². The first-order valence-corrected chi connectivity index (χ1v) is 6.43. The van der Waals surface area contributed by atoms with Crippen LogP contribution < -0.4 is 4.90 Å². The molecule has 2 rings (SSSR count). The van der Waals surface area contributed by atoms with Gasteiger partial charge in [0, 0.05) is 25.0 Å². The fraction of sp³-hybridized carbons (Fsp3) is 0.571. The standard InChI is InChI=1S/C14H21NO2/c16-11-8-14(17)6-9-15(10-7-14)12-13-4-2-1-3-5-13/h1-5,16-17H,6-12H2/p+1. The summed E-state index contributed by atoms with van der Waals surface area (Å²) in [5.41, 5.74) is 0.740. The Morgan fingerprint density at radius 1 is 1.12 bits per heavy atom. The number of benzene rings is 1. The van der Waals surface area contributed by atoms with Crippen molar-refractivity contribution in [1.82, 2.24) is 0 Å². The van der Waals surface area contributed by atoms with E-state index >= 15 is 0 Å². The van der Waals surface area contributed by atoms with Gasteiger partial charge in [-0.1, -0.05) is 30.3 Å². The van der Waals surface area contributed by atoms with Gasteiger partial charge in [0.1, 0.15) is 6.54 Å². The van der Waals surface area contributed by atoms with Gasteiger partial charge in [0.2, 0.25) is 0 Å². The molecule has 3 N–H and O–H groups in total. The van der Waals surface area contributed by atoms with Crippen LogP contribution in [0.4, 0.5) is 0 Å². The SMILES string of the molecule is OCCC1(O)CC[NH+](Cc2ccccc2)CC1. The maximum absolute atomic E-state index is 10.2. The van der Waals surface area contributed by atoms with Gasteiger partial charge < -0.3 is 15.1 Å². The van der Waals surface area contributed by atoms with E-state index in [0.29, 0.717) is 6.42 Å². The number of piperidine rings is 1. The molecule has 1 saturated heterocycles. The summed E-state index contributed by atoms with van der Waals surface area (Å²) < 4.78 is 0. The van der Waals surface area contributed by atoms with Gasteiger partial charge in [-0.2, -0.15) is 0 Å². The average molecular weight is 236 g/mol. The first-order valence-electron chi connectivity index (χ1n) is 6.43. The molecule has 1 aliphatic rings. The van der Waals surface area contributed by atoms with Crippen molar-refractivity contribution >= 4 is 0 Å². The predicted molar refractivity (Wildman–Crippen MR) is 66.7 cm³/mol. The van der Waals surface area contributed by atoms with Crippen LogP contribution in [-0.4, -0.2) is 35.5 Å². The minimum atomic E-state index is -0.616. The molecule has 0 atom stereocenters. The zero-order valence-corrected chi connectivity index (χ0v) is 10.2. The lowest BCUT2D eigenvalue weighted by Crippen LogP contribution is -3.12. The molecule has 3 nitrogen and oxygen atoms in total. The van der Waals surface area contributed by atoms with Crippen molar-refractivity contribution in [3.8, 4) is 0 Å². The highest BCUT2D eigenvalue weighted by atomic mass is 16.3. The summed E-state index contributed by atoms with van der Waals surface area (Å²) in [6.07, 6.45) is 2.12. The molecule has 94 valence electrons. The second-order valence-electron chi connectivity index (χ2n) is 5.11. The van der Waals surface area contributed by atoms with Crippen LogP contribution in [0.3, 0.4) is 0 Å². The Bertz CT molecular complexity index is 331. The third kappa shape index (κ3) is 3.53. The molecule has 1 aromatic carbocycles. The maximum atomic E-state index is 10.2. The second-order valence-corrected chi connectivity index (χ2v) is 5.11. The first-order chi connectivity index (χ1) is 8.22. The molecule has 3 heteroatoms.